The summed E-state index contributed by atoms with van der Waals surface area (Å²) in [5.41, 5.74) is 1.19. The van der Waals surface area contributed by atoms with E-state index in [1.54, 1.807) is 24.5 Å². The molecule has 1 unspecified atom stereocenters. The maximum Gasteiger partial charge on any atom is 0.234 e. The minimum atomic E-state index is -0.445. The van der Waals surface area contributed by atoms with Crippen molar-refractivity contribution in [2.24, 2.45) is 0 Å². The fourth-order valence-corrected chi connectivity index (χ4v) is 2.51. The van der Waals surface area contributed by atoms with Crippen molar-refractivity contribution in [2.75, 3.05) is 0 Å². The van der Waals surface area contributed by atoms with Crippen LogP contribution in [0.3, 0.4) is 0 Å². The molecule has 2 amide bonds. The predicted molar refractivity (Wildman–Crippen MR) is 70.1 cm³/mol. The molecule has 0 saturated carbocycles. The highest BCUT2D eigenvalue weighted by Crippen LogP contribution is 2.31. The van der Waals surface area contributed by atoms with E-state index in [0.29, 0.717) is 24.0 Å². The van der Waals surface area contributed by atoms with Crippen LogP contribution in [0.5, 0.6) is 0 Å². The highest BCUT2D eigenvalue weighted by Gasteiger charge is 2.29. The molecule has 1 aromatic heterocycles. The smallest absolute Gasteiger partial charge is 0.234 e. The molecule has 1 N–H and O–H groups in total. The SMILES string of the molecule is O=Cc1cc(C2CCC(=O)NC2=O)c2cnncc2c1. The van der Waals surface area contributed by atoms with Gasteiger partial charge in [-0.05, 0) is 24.1 Å². The van der Waals surface area contributed by atoms with E-state index in [4.69, 9.17) is 0 Å². The zero-order chi connectivity index (χ0) is 14.1. The van der Waals surface area contributed by atoms with Gasteiger partial charge in [0, 0.05) is 22.8 Å². The highest BCUT2D eigenvalue weighted by molar-refractivity contribution is 6.03. The van der Waals surface area contributed by atoms with Crippen LogP contribution in [0.25, 0.3) is 10.8 Å². The van der Waals surface area contributed by atoms with Gasteiger partial charge in [-0.1, -0.05) is 0 Å². The summed E-state index contributed by atoms with van der Waals surface area (Å²) in [4.78, 5) is 34.2. The third-order valence-corrected chi connectivity index (χ3v) is 3.47. The summed E-state index contributed by atoms with van der Waals surface area (Å²) in [6.07, 6.45) is 4.59. The van der Waals surface area contributed by atoms with Gasteiger partial charge in [-0.2, -0.15) is 10.2 Å². The Bertz CT molecular complexity index is 727. The minimum Gasteiger partial charge on any atom is -0.298 e. The van der Waals surface area contributed by atoms with Crippen LogP contribution in [0.15, 0.2) is 24.5 Å². The quantitative estimate of drug-likeness (QED) is 0.648. The lowest BCUT2D eigenvalue weighted by Gasteiger charge is -2.22. The van der Waals surface area contributed by atoms with Crippen molar-refractivity contribution in [3.05, 3.63) is 35.7 Å². The van der Waals surface area contributed by atoms with E-state index in [2.05, 4.69) is 15.5 Å². The Morgan fingerprint density at radius 3 is 2.75 bits per heavy atom. The molecule has 6 heteroatoms. The molecule has 2 heterocycles. The number of piperidine rings is 1. The zero-order valence-corrected chi connectivity index (χ0v) is 10.5. The molecule has 1 aliphatic rings. The minimum absolute atomic E-state index is 0.262. The molecule has 0 radical (unpaired) electrons. The second-order valence-electron chi connectivity index (χ2n) is 4.72. The molecule has 0 aliphatic carbocycles. The molecule has 2 aromatic rings. The lowest BCUT2D eigenvalue weighted by Crippen LogP contribution is -2.39. The van der Waals surface area contributed by atoms with E-state index in [-0.39, 0.29) is 11.8 Å². The van der Waals surface area contributed by atoms with E-state index in [1.165, 1.54) is 0 Å². The third-order valence-electron chi connectivity index (χ3n) is 3.47. The number of hydrogen-bond donors (Lipinski definition) is 1. The number of aldehydes is 1. The molecule has 100 valence electrons. The van der Waals surface area contributed by atoms with E-state index in [0.717, 1.165) is 17.1 Å². The van der Waals surface area contributed by atoms with Crippen LogP contribution < -0.4 is 5.32 Å². The van der Waals surface area contributed by atoms with Crippen LogP contribution in [0.4, 0.5) is 0 Å². The van der Waals surface area contributed by atoms with Crippen molar-refractivity contribution in [2.45, 2.75) is 18.8 Å². The predicted octanol–water partition coefficient (Wildman–Crippen LogP) is 0.962. The van der Waals surface area contributed by atoms with Gasteiger partial charge in [-0.15, -0.1) is 0 Å². The number of fused-ring (bicyclic) bond motifs is 1. The number of carbonyl (C=O) groups excluding carboxylic acids is 3. The largest absolute Gasteiger partial charge is 0.298 e. The van der Waals surface area contributed by atoms with Gasteiger partial charge in [0.25, 0.3) is 0 Å². The zero-order valence-electron chi connectivity index (χ0n) is 10.5. The van der Waals surface area contributed by atoms with Crippen molar-refractivity contribution >= 4 is 28.9 Å². The molecule has 6 nitrogen and oxygen atoms in total. The summed E-state index contributed by atoms with van der Waals surface area (Å²) in [6, 6.07) is 3.38. The van der Waals surface area contributed by atoms with E-state index in [1.807, 2.05) is 0 Å². The first-order chi connectivity index (χ1) is 9.69. The van der Waals surface area contributed by atoms with Crippen molar-refractivity contribution in [1.29, 1.82) is 0 Å². The van der Waals surface area contributed by atoms with Gasteiger partial charge in [0.2, 0.25) is 11.8 Å². The normalized spacial score (nSPS) is 18.9. The molecule has 1 atom stereocenters. The summed E-state index contributed by atoms with van der Waals surface area (Å²) in [5.74, 6) is -1.04. The van der Waals surface area contributed by atoms with Crippen molar-refractivity contribution in [3.8, 4) is 0 Å². The summed E-state index contributed by atoms with van der Waals surface area (Å²) in [7, 11) is 0. The van der Waals surface area contributed by atoms with E-state index in [9.17, 15) is 14.4 Å². The van der Waals surface area contributed by atoms with Crippen molar-refractivity contribution in [1.82, 2.24) is 15.5 Å². The molecule has 1 aromatic carbocycles. The van der Waals surface area contributed by atoms with Crippen LogP contribution in [-0.2, 0) is 9.59 Å². The number of carbonyl (C=O) groups is 3. The van der Waals surface area contributed by atoms with Crippen LogP contribution in [0, 0.1) is 0 Å². The fraction of sp³-hybridized carbons (Fsp3) is 0.214. The van der Waals surface area contributed by atoms with Gasteiger partial charge in [0.15, 0.2) is 0 Å². The molecular weight excluding hydrogens is 258 g/mol. The lowest BCUT2D eigenvalue weighted by molar-refractivity contribution is -0.134. The molecule has 3 rings (SSSR count). The van der Waals surface area contributed by atoms with Crippen LogP contribution in [0.1, 0.15) is 34.7 Å². The molecule has 1 aliphatic heterocycles. The average Bonchev–Trinajstić information content (AvgIpc) is 2.46. The Kier molecular flexibility index (Phi) is 2.98. The summed E-state index contributed by atoms with van der Waals surface area (Å²) < 4.78 is 0. The van der Waals surface area contributed by atoms with Gasteiger partial charge in [-0.25, -0.2) is 0 Å². The number of nitrogens with zero attached hydrogens (tertiary/aromatic N) is 2. The average molecular weight is 269 g/mol. The molecule has 1 fully saturated rings. The number of aromatic nitrogens is 2. The summed E-state index contributed by atoms with van der Waals surface area (Å²) >= 11 is 0. The Hall–Kier alpha value is -2.63. The van der Waals surface area contributed by atoms with Crippen LogP contribution >= 0.6 is 0 Å². The molecule has 0 bridgehead atoms. The van der Waals surface area contributed by atoms with Crippen LogP contribution in [0.2, 0.25) is 0 Å². The van der Waals surface area contributed by atoms with Gasteiger partial charge in [0.05, 0.1) is 18.3 Å². The van der Waals surface area contributed by atoms with E-state index >= 15 is 0 Å². The second-order valence-corrected chi connectivity index (χ2v) is 4.72. The lowest BCUT2D eigenvalue weighted by atomic mass is 9.87. The maximum atomic E-state index is 12.0. The summed E-state index contributed by atoms with van der Waals surface area (Å²) in [5, 5.41) is 11.5. The maximum absolute atomic E-state index is 12.0. The first kappa shape index (κ1) is 12.4. The molecule has 1 saturated heterocycles. The van der Waals surface area contributed by atoms with Crippen molar-refractivity contribution in [3.63, 3.8) is 0 Å². The van der Waals surface area contributed by atoms with Gasteiger partial charge < -0.3 is 0 Å². The van der Waals surface area contributed by atoms with Crippen LogP contribution in [-0.4, -0.2) is 28.3 Å². The number of rotatable bonds is 2. The Morgan fingerprint density at radius 2 is 2.00 bits per heavy atom. The number of nitrogens with one attached hydrogen (secondary N) is 1. The number of imide groups is 1. The third kappa shape index (κ3) is 2.05. The topological polar surface area (TPSA) is 89.0 Å². The number of benzene rings is 1. The number of hydrogen-bond acceptors (Lipinski definition) is 5. The Morgan fingerprint density at radius 1 is 1.20 bits per heavy atom. The first-order valence-electron chi connectivity index (χ1n) is 6.22. The second kappa shape index (κ2) is 4.80. The first-order valence-corrected chi connectivity index (χ1v) is 6.22. The molecule has 0 spiro atoms. The molecule has 20 heavy (non-hydrogen) atoms. The molecular formula is C14H11N3O3. The van der Waals surface area contributed by atoms with Gasteiger partial charge >= 0.3 is 0 Å². The Balaban J connectivity index is 2.16. The number of amides is 2. The monoisotopic (exact) mass is 269 g/mol. The Labute approximate surface area is 114 Å². The highest BCUT2D eigenvalue weighted by atomic mass is 16.2. The summed E-state index contributed by atoms with van der Waals surface area (Å²) in [6.45, 7) is 0. The standard InChI is InChI=1S/C14H11N3O3/c18-7-8-3-9-5-15-16-6-12(9)11(4-8)10-1-2-13(19)17-14(10)20/h3-7,10H,1-2H2,(H,17,19,20). The van der Waals surface area contributed by atoms with Gasteiger partial charge in [0.1, 0.15) is 6.29 Å². The fourth-order valence-electron chi connectivity index (χ4n) is 2.51. The van der Waals surface area contributed by atoms with Gasteiger partial charge in [-0.3, -0.25) is 19.7 Å². The van der Waals surface area contributed by atoms with Crippen molar-refractivity contribution < 1.29 is 14.4 Å². The van der Waals surface area contributed by atoms with E-state index < -0.39 is 5.92 Å².